The van der Waals surface area contributed by atoms with Crippen LogP contribution in [0.25, 0.3) is 0 Å². The summed E-state index contributed by atoms with van der Waals surface area (Å²) in [5.74, 6) is -2.54. The summed E-state index contributed by atoms with van der Waals surface area (Å²) in [6.45, 7) is -0.476. The first kappa shape index (κ1) is 16.9. The number of ketones is 1. The molecule has 0 aliphatic carbocycles. The second-order valence-corrected chi connectivity index (χ2v) is 5.61. The van der Waals surface area contributed by atoms with Crippen molar-refractivity contribution in [2.75, 3.05) is 6.61 Å². The van der Waals surface area contributed by atoms with Crippen LogP contribution in [0.15, 0.2) is 36.4 Å². The Balaban J connectivity index is 2.21. The van der Waals surface area contributed by atoms with Crippen molar-refractivity contribution in [3.05, 3.63) is 69.2 Å². The predicted molar refractivity (Wildman–Crippen MR) is 81.4 cm³/mol. The van der Waals surface area contributed by atoms with E-state index < -0.39 is 24.2 Å². The average molecular weight is 345 g/mol. The summed E-state index contributed by atoms with van der Waals surface area (Å²) in [4.78, 5) is 12.3. The standard InChI is InChI=1S/C16H12Cl2F2O2/c17-12-3-1-9(5-14(12)19)6-16(22)11(8-21)10-2-4-13(18)15(20)7-10/h1-5,7,11,21H,6,8H2. The molecule has 2 aromatic carbocycles. The van der Waals surface area contributed by atoms with Crippen LogP contribution in [0, 0.1) is 11.6 Å². The minimum atomic E-state index is -0.898. The van der Waals surface area contributed by atoms with Crippen molar-refractivity contribution in [3.63, 3.8) is 0 Å². The Morgan fingerprint density at radius 3 is 2.18 bits per heavy atom. The number of rotatable bonds is 5. The third-order valence-electron chi connectivity index (χ3n) is 3.28. The normalized spacial score (nSPS) is 12.2. The van der Waals surface area contributed by atoms with Gasteiger partial charge in [-0.1, -0.05) is 35.3 Å². The van der Waals surface area contributed by atoms with E-state index in [0.29, 0.717) is 11.1 Å². The molecule has 6 heteroatoms. The number of carbonyl (C=O) groups excluding carboxylic acids is 1. The van der Waals surface area contributed by atoms with Crippen LogP contribution >= 0.6 is 23.2 Å². The van der Waals surface area contributed by atoms with Gasteiger partial charge in [0.15, 0.2) is 0 Å². The molecule has 1 N–H and O–H groups in total. The van der Waals surface area contributed by atoms with Crippen LogP contribution in [0.3, 0.4) is 0 Å². The van der Waals surface area contributed by atoms with Crippen LogP contribution < -0.4 is 0 Å². The number of aliphatic hydroxyl groups is 1. The van der Waals surface area contributed by atoms with E-state index in [0.717, 1.165) is 12.1 Å². The fourth-order valence-electron chi connectivity index (χ4n) is 2.10. The highest BCUT2D eigenvalue weighted by atomic mass is 35.5. The Kier molecular flexibility index (Phi) is 5.51. The number of carbonyl (C=O) groups is 1. The zero-order valence-electron chi connectivity index (χ0n) is 11.3. The highest BCUT2D eigenvalue weighted by Gasteiger charge is 2.21. The Morgan fingerprint density at radius 2 is 1.64 bits per heavy atom. The van der Waals surface area contributed by atoms with Crippen molar-refractivity contribution in [2.45, 2.75) is 12.3 Å². The number of Topliss-reactive ketones (excluding diaryl/α,β-unsaturated/α-hetero) is 1. The zero-order valence-corrected chi connectivity index (χ0v) is 12.8. The van der Waals surface area contributed by atoms with E-state index in [-0.39, 0.29) is 22.2 Å². The zero-order chi connectivity index (χ0) is 16.3. The summed E-state index contributed by atoms with van der Waals surface area (Å²) in [5, 5.41) is 9.32. The molecule has 22 heavy (non-hydrogen) atoms. The molecule has 0 aliphatic heterocycles. The maximum absolute atomic E-state index is 13.5. The van der Waals surface area contributed by atoms with Crippen LogP contribution in [0.2, 0.25) is 10.0 Å². The SMILES string of the molecule is O=C(Cc1ccc(Cl)c(F)c1)C(CO)c1ccc(Cl)c(F)c1. The van der Waals surface area contributed by atoms with Crippen LogP contribution in [0.4, 0.5) is 8.78 Å². The Morgan fingerprint density at radius 1 is 1.05 bits per heavy atom. The van der Waals surface area contributed by atoms with Crippen LogP contribution in [-0.4, -0.2) is 17.5 Å². The molecule has 0 amide bonds. The van der Waals surface area contributed by atoms with Crippen molar-refractivity contribution in [1.82, 2.24) is 0 Å². The van der Waals surface area contributed by atoms with Crippen molar-refractivity contribution < 1.29 is 18.7 Å². The highest BCUT2D eigenvalue weighted by Crippen LogP contribution is 2.24. The van der Waals surface area contributed by atoms with Gasteiger partial charge >= 0.3 is 0 Å². The molecule has 0 saturated carbocycles. The monoisotopic (exact) mass is 344 g/mol. The van der Waals surface area contributed by atoms with Gasteiger partial charge in [0.05, 0.1) is 22.6 Å². The maximum atomic E-state index is 13.5. The van der Waals surface area contributed by atoms with Gasteiger partial charge in [0, 0.05) is 6.42 Å². The molecule has 0 bridgehead atoms. The summed E-state index contributed by atoms with van der Waals surface area (Å²) in [6.07, 6.45) is -0.0937. The van der Waals surface area contributed by atoms with E-state index in [2.05, 4.69) is 0 Å². The van der Waals surface area contributed by atoms with E-state index in [1.807, 2.05) is 0 Å². The summed E-state index contributed by atoms with van der Waals surface area (Å²) in [7, 11) is 0. The van der Waals surface area contributed by atoms with Crippen LogP contribution in [0.5, 0.6) is 0 Å². The molecule has 0 aliphatic rings. The number of hydrogen-bond acceptors (Lipinski definition) is 2. The molecule has 0 radical (unpaired) electrons. The molecule has 2 rings (SSSR count). The van der Waals surface area contributed by atoms with Gasteiger partial charge in [0.2, 0.25) is 0 Å². The topological polar surface area (TPSA) is 37.3 Å². The lowest BCUT2D eigenvalue weighted by atomic mass is 9.91. The van der Waals surface area contributed by atoms with Crippen molar-refractivity contribution in [2.24, 2.45) is 0 Å². The van der Waals surface area contributed by atoms with Gasteiger partial charge in [-0.2, -0.15) is 0 Å². The molecule has 0 heterocycles. The lowest BCUT2D eigenvalue weighted by molar-refractivity contribution is -0.120. The third-order valence-corrected chi connectivity index (χ3v) is 3.89. The Labute approximate surface area is 136 Å². The van der Waals surface area contributed by atoms with E-state index in [4.69, 9.17) is 23.2 Å². The maximum Gasteiger partial charge on any atom is 0.147 e. The first-order chi connectivity index (χ1) is 10.4. The fraction of sp³-hybridized carbons (Fsp3) is 0.188. The minimum Gasteiger partial charge on any atom is -0.395 e. The predicted octanol–water partition coefficient (Wildman–Crippen LogP) is 4.16. The van der Waals surface area contributed by atoms with Gasteiger partial charge in [-0.05, 0) is 35.4 Å². The molecule has 0 aromatic heterocycles. The van der Waals surface area contributed by atoms with Crippen LogP contribution in [-0.2, 0) is 11.2 Å². The lowest BCUT2D eigenvalue weighted by Gasteiger charge is -2.14. The van der Waals surface area contributed by atoms with Crippen molar-refractivity contribution in [3.8, 4) is 0 Å². The first-order valence-electron chi connectivity index (χ1n) is 6.45. The summed E-state index contributed by atoms with van der Waals surface area (Å²) >= 11 is 11.2. The summed E-state index contributed by atoms with van der Waals surface area (Å²) in [5.41, 5.74) is 0.753. The van der Waals surface area contributed by atoms with Gasteiger partial charge in [-0.25, -0.2) is 8.78 Å². The number of halogens is 4. The van der Waals surface area contributed by atoms with Crippen LogP contribution in [0.1, 0.15) is 17.0 Å². The number of benzene rings is 2. The van der Waals surface area contributed by atoms with Crippen molar-refractivity contribution >= 4 is 29.0 Å². The molecule has 0 fully saturated rings. The van der Waals surface area contributed by atoms with Gasteiger partial charge < -0.3 is 5.11 Å². The van der Waals surface area contributed by atoms with E-state index in [1.54, 1.807) is 0 Å². The number of aliphatic hydroxyl groups excluding tert-OH is 1. The minimum absolute atomic E-state index is 0.0327. The molecule has 2 aromatic rings. The Bertz CT molecular complexity index is 705. The quantitative estimate of drug-likeness (QED) is 0.884. The molecule has 0 spiro atoms. The smallest absolute Gasteiger partial charge is 0.147 e. The number of hydrogen-bond donors (Lipinski definition) is 1. The molecule has 1 atom stereocenters. The molecular weight excluding hydrogens is 333 g/mol. The molecule has 2 nitrogen and oxygen atoms in total. The second-order valence-electron chi connectivity index (χ2n) is 4.80. The molecular formula is C16H12Cl2F2O2. The first-order valence-corrected chi connectivity index (χ1v) is 7.20. The second kappa shape index (κ2) is 7.18. The van der Waals surface area contributed by atoms with Crippen molar-refractivity contribution in [1.29, 1.82) is 0 Å². The lowest BCUT2D eigenvalue weighted by Crippen LogP contribution is -2.19. The average Bonchev–Trinajstić information content (AvgIpc) is 2.47. The molecule has 116 valence electrons. The summed E-state index contributed by atoms with van der Waals surface area (Å²) < 4.78 is 26.9. The summed E-state index contributed by atoms with van der Waals surface area (Å²) in [6, 6.07) is 7.97. The molecule has 1 unspecified atom stereocenters. The van der Waals surface area contributed by atoms with E-state index in [9.17, 15) is 18.7 Å². The highest BCUT2D eigenvalue weighted by molar-refractivity contribution is 6.31. The van der Waals surface area contributed by atoms with E-state index >= 15 is 0 Å². The van der Waals surface area contributed by atoms with Gasteiger partial charge in [-0.15, -0.1) is 0 Å². The van der Waals surface area contributed by atoms with Gasteiger partial charge in [-0.3, -0.25) is 4.79 Å². The fourth-order valence-corrected chi connectivity index (χ4v) is 2.33. The van der Waals surface area contributed by atoms with Gasteiger partial charge in [0.1, 0.15) is 17.4 Å². The molecule has 0 saturated heterocycles. The van der Waals surface area contributed by atoms with Gasteiger partial charge in [0.25, 0.3) is 0 Å². The van der Waals surface area contributed by atoms with E-state index in [1.165, 1.54) is 24.3 Å². The largest absolute Gasteiger partial charge is 0.395 e. The third kappa shape index (κ3) is 3.83. The Hall–Kier alpha value is -1.49.